The number of rotatable bonds is 5. The van der Waals surface area contributed by atoms with Crippen molar-refractivity contribution < 1.29 is 23.1 Å². The van der Waals surface area contributed by atoms with Crippen molar-refractivity contribution in [3.8, 4) is 0 Å². The summed E-state index contributed by atoms with van der Waals surface area (Å²) in [6.45, 7) is 5.74. The summed E-state index contributed by atoms with van der Waals surface area (Å²) < 4.78 is 37.7. The summed E-state index contributed by atoms with van der Waals surface area (Å²) in [5, 5.41) is 11.6. The molecule has 1 unspecified atom stereocenters. The van der Waals surface area contributed by atoms with Crippen molar-refractivity contribution in [1.29, 1.82) is 0 Å². The summed E-state index contributed by atoms with van der Waals surface area (Å²) in [6, 6.07) is 0.215. The second-order valence-electron chi connectivity index (χ2n) is 5.97. The number of anilines is 1. The number of alkyl halides is 3. The van der Waals surface area contributed by atoms with Crippen LogP contribution in [0.15, 0.2) is 12.3 Å². The van der Waals surface area contributed by atoms with Crippen LogP contribution in [0, 0.1) is 5.41 Å². The van der Waals surface area contributed by atoms with Gasteiger partial charge in [0, 0.05) is 12.2 Å². The van der Waals surface area contributed by atoms with Crippen LogP contribution >= 0.6 is 0 Å². The molecule has 0 radical (unpaired) electrons. The fourth-order valence-electron chi connectivity index (χ4n) is 1.89. The minimum atomic E-state index is -4.56. The normalized spacial score (nSPS) is 13.8. The number of aliphatic carboxylic acids is 1. The van der Waals surface area contributed by atoms with Crippen molar-refractivity contribution in [2.75, 3.05) is 5.32 Å². The summed E-state index contributed by atoms with van der Waals surface area (Å²) in [6.07, 6.45) is -3.34. The Labute approximate surface area is 120 Å². The molecule has 0 aromatic carbocycles. The van der Waals surface area contributed by atoms with Gasteiger partial charge in [-0.2, -0.15) is 13.2 Å². The van der Waals surface area contributed by atoms with Gasteiger partial charge in [0.05, 0.1) is 6.42 Å². The third kappa shape index (κ3) is 6.42. The van der Waals surface area contributed by atoms with Crippen LogP contribution < -0.4 is 5.32 Å². The van der Waals surface area contributed by atoms with E-state index in [-0.39, 0.29) is 17.8 Å². The highest BCUT2D eigenvalue weighted by Gasteiger charge is 2.33. The number of nitrogens with zero attached hydrogens (tertiary/aromatic N) is 2. The molecule has 0 amide bonds. The summed E-state index contributed by atoms with van der Waals surface area (Å²) in [5.74, 6) is -1.26. The Morgan fingerprint density at radius 1 is 1.38 bits per heavy atom. The molecule has 0 aliphatic rings. The van der Waals surface area contributed by atoms with Crippen LogP contribution in [0.2, 0.25) is 0 Å². The Hall–Kier alpha value is -1.86. The van der Waals surface area contributed by atoms with E-state index in [0.717, 1.165) is 12.3 Å². The number of nitrogens with one attached hydrogen (secondary N) is 1. The quantitative estimate of drug-likeness (QED) is 0.874. The van der Waals surface area contributed by atoms with Gasteiger partial charge in [-0.25, -0.2) is 9.97 Å². The van der Waals surface area contributed by atoms with Gasteiger partial charge >= 0.3 is 12.1 Å². The average molecular weight is 305 g/mol. The van der Waals surface area contributed by atoms with Gasteiger partial charge in [-0.15, -0.1) is 0 Å². The van der Waals surface area contributed by atoms with Gasteiger partial charge in [-0.05, 0) is 17.9 Å². The van der Waals surface area contributed by atoms with Crippen LogP contribution in [-0.4, -0.2) is 27.1 Å². The highest BCUT2D eigenvalue weighted by atomic mass is 19.4. The zero-order chi connectivity index (χ0) is 16.3. The van der Waals surface area contributed by atoms with Crippen molar-refractivity contribution in [3.05, 3.63) is 18.0 Å². The fraction of sp³-hybridized carbons (Fsp3) is 0.615. The molecule has 1 aromatic heterocycles. The van der Waals surface area contributed by atoms with Crippen molar-refractivity contribution >= 4 is 11.9 Å². The largest absolute Gasteiger partial charge is 0.481 e. The van der Waals surface area contributed by atoms with Gasteiger partial charge < -0.3 is 10.4 Å². The summed E-state index contributed by atoms with van der Waals surface area (Å²) >= 11 is 0. The van der Waals surface area contributed by atoms with E-state index in [2.05, 4.69) is 15.3 Å². The maximum Gasteiger partial charge on any atom is 0.433 e. The van der Waals surface area contributed by atoms with Crippen LogP contribution in [0.4, 0.5) is 19.1 Å². The number of hydrogen-bond acceptors (Lipinski definition) is 4. The van der Waals surface area contributed by atoms with E-state index in [1.54, 1.807) is 0 Å². The van der Waals surface area contributed by atoms with Crippen LogP contribution in [0.5, 0.6) is 0 Å². The van der Waals surface area contributed by atoms with E-state index in [1.165, 1.54) is 0 Å². The van der Waals surface area contributed by atoms with E-state index in [9.17, 15) is 18.0 Å². The molecule has 21 heavy (non-hydrogen) atoms. The number of carboxylic acids is 1. The maximum absolute atomic E-state index is 12.6. The number of halogens is 3. The molecule has 0 saturated heterocycles. The van der Waals surface area contributed by atoms with Gasteiger partial charge in [0.1, 0.15) is 5.69 Å². The molecule has 0 saturated carbocycles. The molecule has 118 valence electrons. The van der Waals surface area contributed by atoms with E-state index in [0.29, 0.717) is 6.42 Å². The molecule has 0 bridgehead atoms. The van der Waals surface area contributed by atoms with E-state index in [4.69, 9.17) is 5.11 Å². The first-order chi connectivity index (χ1) is 9.47. The number of hydrogen-bond donors (Lipinski definition) is 2. The van der Waals surface area contributed by atoms with Gasteiger partial charge in [-0.3, -0.25) is 4.79 Å². The molecule has 2 N–H and O–H groups in total. The lowest BCUT2D eigenvalue weighted by Crippen LogP contribution is -2.29. The first-order valence-electron chi connectivity index (χ1n) is 6.36. The lowest BCUT2D eigenvalue weighted by Gasteiger charge is -2.25. The van der Waals surface area contributed by atoms with Gasteiger partial charge in [0.15, 0.2) is 0 Å². The molecule has 1 rings (SSSR count). The number of aromatic nitrogens is 2. The van der Waals surface area contributed by atoms with Crippen LogP contribution in [-0.2, 0) is 11.0 Å². The smallest absolute Gasteiger partial charge is 0.433 e. The second-order valence-corrected chi connectivity index (χ2v) is 5.97. The number of carbonyl (C=O) groups is 1. The highest BCUT2D eigenvalue weighted by Crippen LogP contribution is 2.28. The topological polar surface area (TPSA) is 75.1 Å². The Morgan fingerprint density at radius 3 is 2.48 bits per heavy atom. The maximum atomic E-state index is 12.6. The first kappa shape index (κ1) is 17.2. The second kappa shape index (κ2) is 6.28. The molecule has 1 atom stereocenters. The van der Waals surface area contributed by atoms with Crippen molar-refractivity contribution in [2.24, 2.45) is 5.41 Å². The zero-order valence-corrected chi connectivity index (χ0v) is 12.0. The first-order valence-corrected chi connectivity index (χ1v) is 6.36. The fourth-order valence-corrected chi connectivity index (χ4v) is 1.89. The van der Waals surface area contributed by atoms with E-state index < -0.39 is 23.9 Å². The van der Waals surface area contributed by atoms with Gasteiger partial charge in [0.2, 0.25) is 5.95 Å². The van der Waals surface area contributed by atoms with E-state index in [1.807, 2.05) is 20.8 Å². The monoisotopic (exact) mass is 305 g/mol. The molecule has 1 heterocycles. The van der Waals surface area contributed by atoms with Crippen LogP contribution in [0.25, 0.3) is 0 Å². The molecular formula is C13H18F3N3O2. The molecule has 8 heteroatoms. The Bertz CT molecular complexity index is 498. The molecule has 5 nitrogen and oxygen atoms in total. The number of carboxylic acid groups (broad SMARTS) is 1. The predicted molar refractivity (Wildman–Crippen MR) is 70.8 cm³/mol. The van der Waals surface area contributed by atoms with E-state index >= 15 is 0 Å². The Kier molecular flexibility index (Phi) is 5.14. The molecular weight excluding hydrogens is 287 g/mol. The Balaban J connectivity index is 2.90. The molecule has 1 aromatic rings. The predicted octanol–water partition coefficient (Wildman–Crippen LogP) is 3.19. The summed E-state index contributed by atoms with van der Waals surface area (Å²) in [7, 11) is 0. The summed E-state index contributed by atoms with van der Waals surface area (Å²) in [5.41, 5.74) is -1.25. The standard InChI is InChI=1S/C13H18F3N3O2/c1-12(2,3)7-8(6-10(20)21)18-11-17-5-4-9(19-11)13(14,15)16/h4-5,8H,6-7H2,1-3H3,(H,20,21)(H,17,18,19). The highest BCUT2D eigenvalue weighted by molar-refractivity contribution is 5.68. The molecule has 0 aliphatic carbocycles. The SMILES string of the molecule is CC(C)(C)CC(CC(=O)O)Nc1nccc(C(F)(F)F)n1. The average Bonchev–Trinajstić information content (AvgIpc) is 2.24. The summed E-state index contributed by atoms with van der Waals surface area (Å²) in [4.78, 5) is 17.9. The van der Waals surface area contributed by atoms with Crippen molar-refractivity contribution in [3.63, 3.8) is 0 Å². The molecule has 0 aliphatic heterocycles. The van der Waals surface area contributed by atoms with Crippen LogP contribution in [0.1, 0.15) is 39.3 Å². The third-order valence-corrected chi connectivity index (χ3v) is 2.56. The van der Waals surface area contributed by atoms with Gasteiger partial charge in [-0.1, -0.05) is 20.8 Å². The molecule has 0 fully saturated rings. The van der Waals surface area contributed by atoms with Crippen LogP contribution in [0.3, 0.4) is 0 Å². The zero-order valence-electron chi connectivity index (χ0n) is 12.0. The minimum Gasteiger partial charge on any atom is -0.481 e. The lowest BCUT2D eigenvalue weighted by molar-refractivity contribution is -0.141. The lowest BCUT2D eigenvalue weighted by atomic mass is 9.87. The van der Waals surface area contributed by atoms with Gasteiger partial charge in [0.25, 0.3) is 0 Å². The van der Waals surface area contributed by atoms with Crippen molar-refractivity contribution in [2.45, 2.75) is 45.8 Å². The Morgan fingerprint density at radius 2 is 2.00 bits per heavy atom. The van der Waals surface area contributed by atoms with Crippen molar-refractivity contribution in [1.82, 2.24) is 9.97 Å². The third-order valence-electron chi connectivity index (χ3n) is 2.56. The minimum absolute atomic E-state index is 0.186. The molecule has 0 spiro atoms.